The summed E-state index contributed by atoms with van der Waals surface area (Å²) in [6, 6.07) is 0. The Kier molecular flexibility index (Phi) is 15.4. The Hall–Kier alpha value is -5.09. The zero-order valence-electron chi connectivity index (χ0n) is 40.3. The number of esters is 2. The molecule has 0 saturated carbocycles. The number of aliphatic imine (C=N–C) groups is 3. The van der Waals surface area contributed by atoms with Crippen LogP contribution in [0.5, 0.6) is 0 Å². The molecule has 0 amide bonds. The summed E-state index contributed by atoms with van der Waals surface area (Å²) in [4.78, 5) is 42.3. The summed E-state index contributed by atoms with van der Waals surface area (Å²) >= 11 is 0. The normalized spacial score (nSPS) is 23.9. The van der Waals surface area contributed by atoms with E-state index in [1.807, 2.05) is 52.0 Å². The highest BCUT2D eigenvalue weighted by Crippen LogP contribution is 2.51. The number of nitrogens with one attached hydrogen (secondary N) is 1. The van der Waals surface area contributed by atoms with Crippen molar-refractivity contribution < 1.29 is 29.3 Å². The van der Waals surface area contributed by atoms with Gasteiger partial charge in [0.25, 0.3) is 0 Å². The Bertz CT molecular complexity index is 2330. The van der Waals surface area contributed by atoms with Crippen LogP contribution >= 0.6 is 0 Å². The number of nitrogens with zero attached hydrogens (tertiary/aromatic N) is 3. The topological polar surface area (TPSA) is 142 Å². The minimum atomic E-state index is -2.55. The average Bonchev–Trinajstić information content (AvgIpc) is 3.98. The van der Waals surface area contributed by atoms with Crippen molar-refractivity contribution in [3.05, 3.63) is 116 Å². The molecule has 0 radical (unpaired) electrons. The van der Waals surface area contributed by atoms with Gasteiger partial charge in [-0.25, -0.2) is 19.8 Å². The molecule has 344 valence electrons. The molecule has 5 heterocycles. The van der Waals surface area contributed by atoms with Crippen LogP contribution in [0.15, 0.2) is 131 Å². The van der Waals surface area contributed by atoms with Crippen molar-refractivity contribution in [1.82, 2.24) is 5.32 Å². The van der Waals surface area contributed by atoms with Gasteiger partial charge in [-0.15, -0.1) is 0 Å². The van der Waals surface area contributed by atoms with Crippen molar-refractivity contribution in [2.45, 2.75) is 152 Å². The summed E-state index contributed by atoms with van der Waals surface area (Å²) in [5.74, 6) is -0.385. The van der Waals surface area contributed by atoms with E-state index < -0.39 is 23.2 Å². The third kappa shape index (κ3) is 9.77. The predicted octanol–water partition coefficient (Wildman–Crippen LogP) is 12.0. The average molecular weight is 873 g/mol. The number of rotatable bonds is 19. The van der Waals surface area contributed by atoms with Crippen LogP contribution in [0.4, 0.5) is 0 Å². The Morgan fingerprint density at radius 3 is 2.17 bits per heavy atom. The third-order valence-electron chi connectivity index (χ3n) is 14.2. The molecule has 5 atom stereocenters. The maximum absolute atomic E-state index is 13.7. The van der Waals surface area contributed by atoms with Crippen molar-refractivity contribution in [3.8, 4) is 0 Å². The molecule has 5 aliphatic heterocycles. The lowest BCUT2D eigenvalue weighted by molar-refractivity contribution is -0.156. The highest BCUT2D eigenvalue weighted by molar-refractivity contribution is 6.26. The van der Waals surface area contributed by atoms with E-state index in [0.717, 1.165) is 93.9 Å². The number of ether oxygens (including phenoxy) is 2. The van der Waals surface area contributed by atoms with Crippen LogP contribution in [0.1, 0.15) is 146 Å². The van der Waals surface area contributed by atoms with E-state index in [2.05, 4.69) is 53.4 Å². The van der Waals surface area contributed by atoms with Gasteiger partial charge >= 0.3 is 11.9 Å². The number of carbonyl (C=O) groups excluding carboxylic acids is 2. The number of aliphatic hydroxyl groups is 2. The standard InChI is InChI=1S/C54H72N4O6/c1-13-38-34(8)41-26-43-36(10)40(24-25-47(59)64-29-33(7)23-17-22-32(6)21-16-20-31(5)19-15-18-30(3)4)50(57-43)49-51-48(52(60)54(49,62)53(61)63-12)37(11)44(58-51)28-46-39(14-2)35(9)42(56-46)27-45(38)55-41/h13,26-32,36,40,57,60,62H,1,14-25H2,2-12H3/b33-29+,43-26?,45-27?,46-28?,50-49?/t31-,32-,36+,40+,54-/m1/s1. The van der Waals surface area contributed by atoms with Gasteiger partial charge in [0, 0.05) is 46.4 Å². The molecule has 1 saturated heterocycles. The summed E-state index contributed by atoms with van der Waals surface area (Å²) in [6.07, 6.45) is 21.3. The lowest BCUT2D eigenvalue weighted by Crippen LogP contribution is -2.44. The molecule has 0 aromatic heterocycles. The number of methoxy groups -OCH3 is 1. The van der Waals surface area contributed by atoms with Gasteiger partial charge in [-0.1, -0.05) is 99.1 Å². The number of hydrogen-bond donors (Lipinski definition) is 3. The second kappa shape index (κ2) is 20.4. The maximum atomic E-state index is 13.7. The van der Waals surface area contributed by atoms with E-state index in [9.17, 15) is 19.8 Å². The smallest absolute Gasteiger partial charge is 0.350 e. The van der Waals surface area contributed by atoms with E-state index in [1.54, 1.807) is 6.26 Å². The van der Waals surface area contributed by atoms with Crippen LogP contribution in [0.25, 0.3) is 0 Å². The zero-order chi connectivity index (χ0) is 46.6. The Morgan fingerprint density at radius 2 is 1.53 bits per heavy atom. The van der Waals surface area contributed by atoms with Gasteiger partial charge in [-0.3, -0.25) is 4.79 Å². The highest BCUT2D eigenvalue weighted by Gasteiger charge is 2.59. The fourth-order valence-corrected chi connectivity index (χ4v) is 10.1. The molecule has 6 rings (SSSR count). The molecule has 3 N–H and O–H groups in total. The number of aliphatic hydroxyl groups excluding tert-OH is 1. The second-order valence-corrected chi connectivity index (χ2v) is 19.4. The number of allylic oxidation sites excluding steroid dienone is 12. The molecule has 0 unspecified atom stereocenters. The highest BCUT2D eigenvalue weighted by atomic mass is 16.5. The first-order chi connectivity index (χ1) is 30.4. The van der Waals surface area contributed by atoms with Crippen LogP contribution in [-0.4, -0.2) is 52.0 Å². The maximum Gasteiger partial charge on any atom is 0.350 e. The van der Waals surface area contributed by atoms with E-state index in [4.69, 9.17) is 24.5 Å². The molecular formula is C54H72N4O6. The van der Waals surface area contributed by atoms with E-state index >= 15 is 0 Å². The van der Waals surface area contributed by atoms with Gasteiger partial charge < -0.3 is 25.0 Å². The van der Waals surface area contributed by atoms with Crippen LogP contribution < -0.4 is 5.32 Å². The summed E-state index contributed by atoms with van der Waals surface area (Å²) in [7, 11) is 1.18. The molecule has 64 heavy (non-hydrogen) atoms. The van der Waals surface area contributed by atoms with E-state index in [1.165, 1.54) is 45.6 Å². The number of hydrogen-bond acceptors (Lipinski definition) is 10. The van der Waals surface area contributed by atoms with Gasteiger partial charge in [0.15, 0.2) is 5.76 Å². The SMILES string of the molecule is C=CC1=C(C)C2=NC1=CC1=NC(=CC3=C(C)C4=C(O)[C@@](O)(C(=O)OC)C(=C5NC(=C2)[C@@H](C)[C@@H]5CCC(=O)O/C=C(\C)CCC[C@H](C)CCC[C@H](C)CCCC(C)C)C4=N3)C(CC)=C1C. The van der Waals surface area contributed by atoms with Crippen LogP contribution in [-0.2, 0) is 19.1 Å². The third-order valence-corrected chi connectivity index (χ3v) is 14.2. The summed E-state index contributed by atoms with van der Waals surface area (Å²) < 4.78 is 10.9. The van der Waals surface area contributed by atoms with Crippen molar-refractivity contribution >= 4 is 29.1 Å². The van der Waals surface area contributed by atoms with Gasteiger partial charge in [-0.05, 0) is 117 Å². The molecule has 0 spiro atoms. The van der Waals surface area contributed by atoms with E-state index in [-0.39, 0.29) is 35.2 Å². The van der Waals surface area contributed by atoms with E-state index in [0.29, 0.717) is 29.3 Å². The van der Waals surface area contributed by atoms with Gasteiger partial charge in [0.2, 0.25) is 5.60 Å². The first-order valence-electron chi connectivity index (χ1n) is 23.7. The minimum Gasteiger partial charge on any atom is -0.507 e. The predicted molar refractivity (Wildman–Crippen MR) is 258 cm³/mol. The van der Waals surface area contributed by atoms with Gasteiger partial charge in [0.1, 0.15) is 0 Å². The van der Waals surface area contributed by atoms with Gasteiger partial charge in [-0.2, -0.15) is 0 Å². The van der Waals surface area contributed by atoms with Crippen molar-refractivity contribution in [3.63, 3.8) is 0 Å². The monoisotopic (exact) mass is 873 g/mol. The quantitative estimate of drug-likeness (QED) is 0.0866. The van der Waals surface area contributed by atoms with Crippen molar-refractivity contribution in [2.24, 2.45) is 44.6 Å². The van der Waals surface area contributed by atoms with Crippen LogP contribution in [0, 0.1) is 29.6 Å². The summed E-state index contributed by atoms with van der Waals surface area (Å²) in [5.41, 5.74) is 8.45. The van der Waals surface area contributed by atoms with Gasteiger partial charge in [0.05, 0.1) is 47.6 Å². The molecule has 10 nitrogen and oxygen atoms in total. The second-order valence-electron chi connectivity index (χ2n) is 19.4. The van der Waals surface area contributed by atoms with Crippen LogP contribution in [0.2, 0.25) is 0 Å². The molecule has 10 heteroatoms. The van der Waals surface area contributed by atoms with Crippen molar-refractivity contribution in [2.75, 3.05) is 7.11 Å². The first-order valence-corrected chi connectivity index (χ1v) is 23.7. The largest absolute Gasteiger partial charge is 0.507 e. The molecule has 1 fully saturated rings. The lowest BCUT2D eigenvalue weighted by Gasteiger charge is -2.26. The molecule has 0 aromatic carbocycles. The summed E-state index contributed by atoms with van der Waals surface area (Å²) in [6.45, 7) is 25.5. The molecule has 0 aromatic rings. The Labute approximate surface area is 382 Å². The fourth-order valence-electron chi connectivity index (χ4n) is 10.1. The molecule has 8 bridgehead atoms. The van der Waals surface area contributed by atoms with Crippen LogP contribution in [0.3, 0.4) is 0 Å². The molecule has 6 aliphatic rings. The number of fused-ring (bicyclic) bond motifs is 5. The zero-order valence-corrected chi connectivity index (χ0v) is 40.3. The molecule has 1 aliphatic carbocycles. The number of carbonyl (C=O) groups is 2. The Balaban J connectivity index is 1.25. The summed E-state index contributed by atoms with van der Waals surface area (Å²) in [5, 5.41) is 27.9. The van der Waals surface area contributed by atoms with Crippen molar-refractivity contribution in [1.29, 1.82) is 0 Å². The minimum absolute atomic E-state index is 0.0699. The fraction of sp³-hybridized carbons (Fsp3) is 0.537. The lowest BCUT2D eigenvalue weighted by atomic mass is 9.83. The molecular weight excluding hydrogens is 801 g/mol. The first kappa shape index (κ1) is 48.4. The Morgan fingerprint density at radius 1 is 0.891 bits per heavy atom.